The number of rotatable bonds is 7. The van der Waals surface area contributed by atoms with Crippen molar-refractivity contribution in [2.45, 2.75) is 41.2 Å². The van der Waals surface area contributed by atoms with Crippen molar-refractivity contribution in [1.29, 1.82) is 0 Å². The molecule has 0 fully saturated rings. The van der Waals surface area contributed by atoms with Gasteiger partial charge in [0.05, 0.1) is 30.2 Å². The van der Waals surface area contributed by atoms with E-state index in [-0.39, 0.29) is 5.97 Å². The molecule has 4 aromatic rings. The Morgan fingerprint density at radius 3 is 2.39 bits per heavy atom. The summed E-state index contributed by atoms with van der Waals surface area (Å²) in [5.41, 5.74) is 7.42. The van der Waals surface area contributed by atoms with Crippen molar-refractivity contribution in [3.05, 3.63) is 87.6 Å². The molecule has 36 heavy (non-hydrogen) atoms. The van der Waals surface area contributed by atoms with E-state index in [4.69, 9.17) is 22.1 Å². The van der Waals surface area contributed by atoms with Gasteiger partial charge < -0.3 is 15.4 Å². The number of carbonyl (C=O) groups excluding carboxylic acids is 1. The molecule has 0 unspecified atom stereocenters. The molecule has 2 aromatic heterocycles. The smallest absolute Gasteiger partial charge is 0.341 e. The minimum absolute atomic E-state index is 0.294. The zero-order valence-electron chi connectivity index (χ0n) is 21.1. The van der Waals surface area contributed by atoms with E-state index in [1.165, 1.54) is 22.5 Å². The third kappa shape index (κ3) is 5.50. The maximum Gasteiger partial charge on any atom is 0.341 e. The number of esters is 1. The molecule has 0 aliphatic heterocycles. The van der Waals surface area contributed by atoms with Crippen LogP contribution in [-0.2, 0) is 11.3 Å². The van der Waals surface area contributed by atoms with Gasteiger partial charge in [-0.3, -0.25) is 4.68 Å². The van der Waals surface area contributed by atoms with Crippen molar-refractivity contribution in [2.24, 2.45) is 0 Å². The summed E-state index contributed by atoms with van der Waals surface area (Å²) in [6.45, 7) is 10.8. The highest BCUT2D eigenvalue weighted by molar-refractivity contribution is 7.80. The number of benzene rings is 2. The van der Waals surface area contributed by atoms with E-state index in [0.29, 0.717) is 28.8 Å². The van der Waals surface area contributed by atoms with Crippen molar-refractivity contribution in [3.63, 3.8) is 0 Å². The van der Waals surface area contributed by atoms with Gasteiger partial charge in [-0.1, -0.05) is 60.2 Å². The number of ether oxygens (including phenoxy) is 1. The first-order valence-corrected chi connectivity index (χ1v) is 13.0. The number of nitrogens with zero attached hydrogens (tertiary/aromatic N) is 2. The third-order valence-corrected chi connectivity index (χ3v) is 7.15. The van der Waals surface area contributed by atoms with Crippen LogP contribution in [-0.4, -0.2) is 27.5 Å². The topological polar surface area (TPSA) is 68.2 Å². The Morgan fingerprint density at radius 1 is 1.03 bits per heavy atom. The van der Waals surface area contributed by atoms with Crippen molar-refractivity contribution < 1.29 is 9.53 Å². The lowest BCUT2D eigenvalue weighted by atomic mass is 10.0. The summed E-state index contributed by atoms with van der Waals surface area (Å²) in [6, 6.07) is 18.3. The molecular formula is C28H30N4O2S2. The minimum atomic E-state index is -0.371. The van der Waals surface area contributed by atoms with Crippen LogP contribution in [0.2, 0.25) is 0 Å². The molecule has 6 nitrogen and oxygen atoms in total. The normalized spacial score (nSPS) is 10.8. The lowest BCUT2D eigenvalue weighted by molar-refractivity contribution is 0.0529. The Labute approximate surface area is 221 Å². The molecule has 0 bridgehead atoms. The maximum atomic E-state index is 13.0. The van der Waals surface area contributed by atoms with Crippen molar-refractivity contribution in [1.82, 2.24) is 9.78 Å². The van der Waals surface area contributed by atoms with E-state index in [0.717, 1.165) is 33.1 Å². The molecule has 0 saturated heterocycles. The summed E-state index contributed by atoms with van der Waals surface area (Å²) < 4.78 is 7.37. The van der Waals surface area contributed by atoms with Gasteiger partial charge in [-0.15, -0.1) is 11.3 Å². The summed E-state index contributed by atoms with van der Waals surface area (Å²) >= 11 is 7.15. The summed E-state index contributed by atoms with van der Waals surface area (Å²) in [5.74, 6) is -0.371. The SMILES string of the molecule is CCOC(=O)c1c(NC(=S)Nc2c(C)nn(Cc3ccc(C)cc3)c2C)sc(C)c1-c1ccccc1. The number of aromatic nitrogens is 2. The molecule has 0 atom stereocenters. The van der Waals surface area contributed by atoms with Gasteiger partial charge in [0.25, 0.3) is 0 Å². The van der Waals surface area contributed by atoms with E-state index in [1.54, 1.807) is 6.92 Å². The fourth-order valence-corrected chi connectivity index (χ4v) is 5.47. The van der Waals surface area contributed by atoms with Crippen LogP contribution in [0.25, 0.3) is 11.1 Å². The van der Waals surface area contributed by atoms with E-state index >= 15 is 0 Å². The quantitative estimate of drug-likeness (QED) is 0.205. The molecule has 2 heterocycles. The Balaban J connectivity index is 1.58. The van der Waals surface area contributed by atoms with Gasteiger partial charge in [0.15, 0.2) is 5.11 Å². The maximum absolute atomic E-state index is 13.0. The summed E-state index contributed by atoms with van der Waals surface area (Å²) in [6.07, 6.45) is 0. The molecule has 0 radical (unpaired) electrons. The highest BCUT2D eigenvalue weighted by Gasteiger charge is 2.25. The monoisotopic (exact) mass is 518 g/mol. The number of hydrogen-bond acceptors (Lipinski definition) is 5. The second-order valence-corrected chi connectivity index (χ2v) is 10.2. The van der Waals surface area contributed by atoms with Crippen LogP contribution in [0, 0.1) is 27.7 Å². The number of hydrogen-bond donors (Lipinski definition) is 2. The average molecular weight is 519 g/mol. The van der Waals surface area contributed by atoms with Gasteiger partial charge in [-0.05, 0) is 58.0 Å². The zero-order chi connectivity index (χ0) is 25.8. The third-order valence-electron chi connectivity index (χ3n) is 5.93. The lowest BCUT2D eigenvalue weighted by Gasteiger charge is -2.12. The minimum Gasteiger partial charge on any atom is -0.462 e. The largest absolute Gasteiger partial charge is 0.462 e. The van der Waals surface area contributed by atoms with E-state index < -0.39 is 0 Å². The van der Waals surface area contributed by atoms with Gasteiger partial charge in [0.1, 0.15) is 10.6 Å². The predicted octanol–water partition coefficient (Wildman–Crippen LogP) is 6.88. The summed E-state index contributed by atoms with van der Waals surface area (Å²) in [5, 5.41) is 12.3. The first-order valence-electron chi connectivity index (χ1n) is 11.8. The van der Waals surface area contributed by atoms with E-state index in [1.807, 2.05) is 55.8 Å². The van der Waals surface area contributed by atoms with Gasteiger partial charge in [0.2, 0.25) is 0 Å². The molecule has 2 N–H and O–H groups in total. The van der Waals surface area contributed by atoms with Crippen LogP contribution < -0.4 is 10.6 Å². The van der Waals surface area contributed by atoms with Gasteiger partial charge in [-0.25, -0.2) is 4.79 Å². The Kier molecular flexibility index (Phi) is 7.86. The van der Waals surface area contributed by atoms with Crippen LogP contribution in [0.4, 0.5) is 10.7 Å². The predicted molar refractivity (Wildman–Crippen MR) is 152 cm³/mol. The number of anilines is 2. The highest BCUT2D eigenvalue weighted by Crippen LogP contribution is 2.40. The fraction of sp³-hybridized carbons (Fsp3) is 0.250. The number of nitrogens with one attached hydrogen (secondary N) is 2. The molecule has 0 aliphatic rings. The Morgan fingerprint density at radius 2 is 1.72 bits per heavy atom. The molecular weight excluding hydrogens is 488 g/mol. The van der Waals surface area contributed by atoms with Crippen LogP contribution in [0.3, 0.4) is 0 Å². The Bertz CT molecular complexity index is 1390. The number of thiocarbonyl (C=S) groups is 1. The average Bonchev–Trinajstić information content (AvgIpc) is 3.31. The number of carbonyl (C=O) groups is 1. The van der Waals surface area contributed by atoms with Crippen LogP contribution in [0.5, 0.6) is 0 Å². The highest BCUT2D eigenvalue weighted by atomic mass is 32.1. The molecule has 0 amide bonds. The van der Waals surface area contributed by atoms with Gasteiger partial charge in [-0.2, -0.15) is 5.10 Å². The lowest BCUT2D eigenvalue weighted by Crippen LogP contribution is -2.21. The molecule has 186 valence electrons. The second-order valence-electron chi connectivity index (χ2n) is 8.59. The first kappa shape index (κ1) is 25.6. The summed E-state index contributed by atoms with van der Waals surface area (Å²) in [7, 11) is 0. The van der Waals surface area contributed by atoms with Crippen molar-refractivity contribution in [3.8, 4) is 11.1 Å². The summed E-state index contributed by atoms with van der Waals surface area (Å²) in [4.78, 5) is 14.0. The number of thiophene rings is 1. The van der Waals surface area contributed by atoms with Crippen molar-refractivity contribution >= 4 is 45.3 Å². The molecule has 2 aromatic carbocycles. The molecule has 0 spiro atoms. The van der Waals surface area contributed by atoms with Crippen LogP contribution in [0.15, 0.2) is 54.6 Å². The number of aryl methyl sites for hydroxylation is 3. The molecule has 0 aliphatic carbocycles. The fourth-order valence-electron chi connectivity index (χ4n) is 4.13. The van der Waals surface area contributed by atoms with Crippen LogP contribution in [0.1, 0.15) is 44.7 Å². The van der Waals surface area contributed by atoms with Gasteiger partial charge in [0, 0.05) is 10.4 Å². The van der Waals surface area contributed by atoms with Gasteiger partial charge >= 0.3 is 5.97 Å². The van der Waals surface area contributed by atoms with Crippen molar-refractivity contribution in [2.75, 3.05) is 17.2 Å². The van der Waals surface area contributed by atoms with E-state index in [9.17, 15) is 4.79 Å². The molecule has 8 heteroatoms. The van der Waals surface area contributed by atoms with Crippen LogP contribution >= 0.6 is 23.6 Å². The molecule has 0 saturated carbocycles. The zero-order valence-corrected chi connectivity index (χ0v) is 22.8. The second kappa shape index (κ2) is 11.1. The Hall–Kier alpha value is -3.49. The first-order chi connectivity index (χ1) is 17.3. The standard InChI is InChI=1S/C28H30N4O2S2/c1-6-34-27(33)24-23(22-10-8-7-9-11-22)20(5)36-26(24)30-28(35)29-25-18(3)31-32(19(25)4)16-21-14-12-17(2)13-15-21/h7-15H,6,16H2,1-5H3,(H2,29,30,35). The van der Waals surface area contributed by atoms with E-state index in [2.05, 4.69) is 41.8 Å². The molecule has 4 rings (SSSR count).